The minimum atomic E-state index is -1.03. The lowest BCUT2D eigenvalue weighted by Crippen LogP contribution is -2.05. The molecule has 2 N–H and O–H groups in total. The van der Waals surface area contributed by atoms with Crippen LogP contribution in [0.25, 0.3) is 0 Å². The number of carboxylic acids is 1. The minimum Gasteiger partial charge on any atom is -0.507 e. The number of carboxylic acid groups (broad SMARTS) is 1. The van der Waals surface area contributed by atoms with Crippen LogP contribution in [-0.2, 0) is 12.8 Å². The Kier molecular flexibility index (Phi) is 4.62. The summed E-state index contributed by atoms with van der Waals surface area (Å²) in [5.74, 6) is -0.954. The topological polar surface area (TPSA) is 57.5 Å². The van der Waals surface area contributed by atoms with Gasteiger partial charge in [0.15, 0.2) is 0 Å². The number of aromatic hydroxyl groups is 1. The van der Waals surface area contributed by atoms with E-state index in [0.717, 1.165) is 16.7 Å². The molecule has 3 aromatic carbocycles. The fraction of sp³-hybridized carbons (Fsp3) is 0.0952. The Bertz CT molecular complexity index is 840. The highest BCUT2D eigenvalue weighted by atomic mass is 16.4. The van der Waals surface area contributed by atoms with Crippen molar-refractivity contribution in [2.75, 3.05) is 0 Å². The van der Waals surface area contributed by atoms with Gasteiger partial charge >= 0.3 is 5.97 Å². The number of phenols is 1. The van der Waals surface area contributed by atoms with Gasteiger partial charge in [0, 0.05) is 18.4 Å². The summed E-state index contributed by atoms with van der Waals surface area (Å²) >= 11 is 0. The summed E-state index contributed by atoms with van der Waals surface area (Å²) in [5, 5.41) is 20.1. The highest BCUT2D eigenvalue weighted by molar-refractivity contribution is 5.90. The van der Waals surface area contributed by atoms with Crippen LogP contribution in [-0.4, -0.2) is 16.2 Å². The summed E-state index contributed by atoms with van der Waals surface area (Å²) in [6.07, 6.45) is 0.950. The first-order valence-corrected chi connectivity index (χ1v) is 7.80. The molecule has 0 atom stereocenters. The van der Waals surface area contributed by atoms with E-state index in [9.17, 15) is 15.0 Å². The maximum Gasteiger partial charge on any atom is 0.336 e. The Morgan fingerprint density at radius 1 is 0.750 bits per heavy atom. The number of hydrogen-bond donors (Lipinski definition) is 2. The fourth-order valence-electron chi connectivity index (χ4n) is 2.82. The predicted octanol–water partition coefficient (Wildman–Crippen LogP) is 4.27. The van der Waals surface area contributed by atoms with E-state index in [0.29, 0.717) is 18.4 Å². The number of benzene rings is 3. The molecule has 120 valence electrons. The van der Waals surface area contributed by atoms with Gasteiger partial charge in [-0.25, -0.2) is 4.79 Å². The van der Waals surface area contributed by atoms with Gasteiger partial charge in [-0.3, -0.25) is 0 Å². The molecule has 0 saturated carbocycles. The van der Waals surface area contributed by atoms with Crippen molar-refractivity contribution in [3.8, 4) is 5.75 Å². The highest BCUT2D eigenvalue weighted by Crippen LogP contribution is 2.30. The molecule has 0 saturated heterocycles. The van der Waals surface area contributed by atoms with Gasteiger partial charge in [-0.2, -0.15) is 0 Å². The second-order valence-electron chi connectivity index (χ2n) is 5.73. The number of aromatic carboxylic acids is 1. The molecular weight excluding hydrogens is 300 g/mol. The molecule has 24 heavy (non-hydrogen) atoms. The fourth-order valence-corrected chi connectivity index (χ4v) is 2.82. The average Bonchev–Trinajstić information content (AvgIpc) is 2.60. The van der Waals surface area contributed by atoms with E-state index in [1.807, 2.05) is 60.7 Å². The molecule has 0 heterocycles. The van der Waals surface area contributed by atoms with Crippen LogP contribution in [0.4, 0.5) is 0 Å². The maximum atomic E-state index is 11.5. The van der Waals surface area contributed by atoms with Gasteiger partial charge in [0.05, 0.1) is 5.56 Å². The first-order valence-electron chi connectivity index (χ1n) is 7.80. The van der Waals surface area contributed by atoms with E-state index >= 15 is 0 Å². The molecule has 0 aliphatic carbocycles. The molecular formula is C21H18O3. The van der Waals surface area contributed by atoms with Crippen LogP contribution in [0, 0.1) is 0 Å². The van der Waals surface area contributed by atoms with Crippen molar-refractivity contribution >= 4 is 5.97 Å². The molecule has 0 aliphatic heterocycles. The van der Waals surface area contributed by atoms with E-state index in [4.69, 9.17) is 0 Å². The van der Waals surface area contributed by atoms with E-state index in [-0.39, 0.29) is 11.3 Å². The van der Waals surface area contributed by atoms with Crippen LogP contribution in [0.3, 0.4) is 0 Å². The van der Waals surface area contributed by atoms with Crippen molar-refractivity contribution in [1.29, 1.82) is 0 Å². The first-order chi connectivity index (χ1) is 11.6. The molecule has 0 bridgehead atoms. The van der Waals surface area contributed by atoms with E-state index < -0.39 is 5.97 Å². The Morgan fingerprint density at radius 3 is 1.83 bits per heavy atom. The molecule has 3 rings (SSSR count). The van der Waals surface area contributed by atoms with Crippen molar-refractivity contribution in [2.45, 2.75) is 12.8 Å². The Balaban J connectivity index is 2.01. The standard InChI is InChI=1S/C21H18O3/c22-20-17(13-15-7-3-1-4-8-15)11-12-18(21(23)24)19(20)14-16-9-5-2-6-10-16/h1-12,22H,13-14H2,(H,23,24). The van der Waals surface area contributed by atoms with Crippen LogP contribution in [0.2, 0.25) is 0 Å². The molecule has 0 radical (unpaired) electrons. The SMILES string of the molecule is O=C(O)c1ccc(Cc2ccccc2)c(O)c1Cc1ccccc1. The third-order valence-corrected chi connectivity index (χ3v) is 4.06. The minimum absolute atomic E-state index is 0.0719. The lowest BCUT2D eigenvalue weighted by atomic mass is 9.93. The van der Waals surface area contributed by atoms with Crippen LogP contribution in [0.15, 0.2) is 72.8 Å². The van der Waals surface area contributed by atoms with Crippen LogP contribution >= 0.6 is 0 Å². The van der Waals surface area contributed by atoms with Crippen molar-refractivity contribution in [3.05, 3.63) is 101 Å². The molecule has 0 fully saturated rings. The van der Waals surface area contributed by atoms with E-state index in [2.05, 4.69) is 0 Å². The zero-order valence-corrected chi connectivity index (χ0v) is 13.1. The molecule has 3 heteroatoms. The molecule has 3 nitrogen and oxygen atoms in total. The average molecular weight is 318 g/mol. The summed E-state index contributed by atoms with van der Waals surface area (Å²) in [4.78, 5) is 11.5. The molecule has 0 amide bonds. The van der Waals surface area contributed by atoms with Gasteiger partial charge < -0.3 is 10.2 Å². The molecule has 3 aromatic rings. The zero-order valence-electron chi connectivity index (χ0n) is 13.1. The lowest BCUT2D eigenvalue weighted by molar-refractivity contribution is 0.0695. The van der Waals surface area contributed by atoms with Gasteiger partial charge in [0.25, 0.3) is 0 Å². The van der Waals surface area contributed by atoms with Crippen molar-refractivity contribution in [2.24, 2.45) is 0 Å². The van der Waals surface area contributed by atoms with Crippen molar-refractivity contribution in [1.82, 2.24) is 0 Å². The molecule has 0 aromatic heterocycles. The summed E-state index contributed by atoms with van der Waals surface area (Å²) < 4.78 is 0. The second kappa shape index (κ2) is 7.01. The highest BCUT2D eigenvalue weighted by Gasteiger charge is 2.17. The lowest BCUT2D eigenvalue weighted by Gasteiger charge is -2.13. The molecule has 0 unspecified atom stereocenters. The number of hydrogen-bond acceptors (Lipinski definition) is 2. The van der Waals surface area contributed by atoms with Gasteiger partial charge in [-0.15, -0.1) is 0 Å². The largest absolute Gasteiger partial charge is 0.507 e. The zero-order chi connectivity index (χ0) is 16.9. The van der Waals surface area contributed by atoms with Crippen LogP contribution in [0.5, 0.6) is 5.75 Å². The molecule has 0 spiro atoms. The predicted molar refractivity (Wildman–Crippen MR) is 93.6 cm³/mol. The van der Waals surface area contributed by atoms with E-state index in [1.165, 1.54) is 0 Å². The third-order valence-electron chi connectivity index (χ3n) is 4.06. The normalized spacial score (nSPS) is 10.5. The quantitative estimate of drug-likeness (QED) is 0.738. The second-order valence-corrected chi connectivity index (χ2v) is 5.73. The number of phenolic OH excluding ortho intramolecular Hbond substituents is 1. The number of carbonyl (C=O) groups is 1. The van der Waals surface area contributed by atoms with Crippen molar-refractivity contribution in [3.63, 3.8) is 0 Å². The van der Waals surface area contributed by atoms with Crippen LogP contribution < -0.4 is 0 Å². The van der Waals surface area contributed by atoms with E-state index in [1.54, 1.807) is 12.1 Å². The Labute approximate surface area is 140 Å². The maximum absolute atomic E-state index is 11.5. The van der Waals surface area contributed by atoms with Gasteiger partial charge in [-0.1, -0.05) is 66.7 Å². The summed E-state index contributed by atoms with van der Waals surface area (Å²) in [7, 11) is 0. The number of rotatable bonds is 5. The van der Waals surface area contributed by atoms with Gasteiger partial charge in [0.1, 0.15) is 5.75 Å². The summed E-state index contributed by atoms with van der Waals surface area (Å²) in [6.45, 7) is 0. The van der Waals surface area contributed by atoms with Crippen LogP contribution in [0.1, 0.15) is 32.6 Å². The third kappa shape index (κ3) is 3.46. The smallest absolute Gasteiger partial charge is 0.336 e. The monoisotopic (exact) mass is 318 g/mol. The Hall–Kier alpha value is -3.07. The summed E-state index contributed by atoms with van der Waals surface area (Å²) in [5.41, 5.74) is 3.38. The summed E-state index contributed by atoms with van der Waals surface area (Å²) in [6, 6.07) is 22.7. The molecule has 0 aliphatic rings. The Morgan fingerprint density at radius 2 is 1.29 bits per heavy atom. The first kappa shape index (κ1) is 15.8. The van der Waals surface area contributed by atoms with Gasteiger partial charge in [0.2, 0.25) is 0 Å². The van der Waals surface area contributed by atoms with Crippen molar-refractivity contribution < 1.29 is 15.0 Å². The van der Waals surface area contributed by atoms with Gasteiger partial charge in [-0.05, 0) is 22.8 Å².